The van der Waals surface area contributed by atoms with E-state index in [1.54, 1.807) is 0 Å². The number of unbranched alkanes of at least 4 members (excludes halogenated alkanes) is 3. The number of ether oxygens (including phenoxy) is 1. The zero-order valence-electron chi connectivity index (χ0n) is 24.5. The van der Waals surface area contributed by atoms with Gasteiger partial charge in [0.25, 0.3) is 0 Å². The van der Waals surface area contributed by atoms with E-state index >= 15 is 0 Å². The zero-order valence-corrected chi connectivity index (χ0v) is 27.4. The van der Waals surface area contributed by atoms with Crippen molar-refractivity contribution < 1.29 is 9.84 Å². The first kappa shape index (κ1) is 31.6. The third kappa shape index (κ3) is 9.06. The standard InChI is InChI=1S/C24H23O2.3C4H9.Sn/c1-2-12-23(25)19-26-24(20-13-6-3-7-14-20,21-15-8-4-9-16-21)22-17-10-5-11-18-22;3*1-3-4-2;/h1-11,13-18,23,25H,12,19H2;3*1,3-4H2,2H3;/t23-;;;;/m1..../s1. The van der Waals surface area contributed by atoms with E-state index in [2.05, 4.69) is 104 Å². The van der Waals surface area contributed by atoms with Gasteiger partial charge in [-0.15, -0.1) is 0 Å². The molecule has 3 aromatic rings. The number of aliphatic hydroxyl groups excluding tert-OH is 1. The summed E-state index contributed by atoms with van der Waals surface area (Å²) in [5.41, 5.74) is 2.41. The Hall–Kier alpha value is -1.88. The summed E-state index contributed by atoms with van der Waals surface area (Å²) in [7, 11) is 0. The fraction of sp³-hybridized carbons (Fsp3) is 0.444. The van der Waals surface area contributed by atoms with E-state index in [4.69, 9.17) is 4.74 Å². The van der Waals surface area contributed by atoms with Crippen LogP contribution in [-0.4, -0.2) is 36.2 Å². The van der Waals surface area contributed by atoms with E-state index < -0.39 is 30.1 Å². The van der Waals surface area contributed by atoms with Crippen LogP contribution < -0.4 is 0 Å². The molecule has 1 N–H and O–H groups in total. The van der Waals surface area contributed by atoms with Crippen LogP contribution in [0, 0.1) is 0 Å². The maximum absolute atomic E-state index is 11.2. The van der Waals surface area contributed by atoms with Crippen molar-refractivity contribution in [3.05, 3.63) is 118 Å². The van der Waals surface area contributed by atoms with Crippen molar-refractivity contribution in [2.24, 2.45) is 0 Å². The van der Waals surface area contributed by atoms with Crippen molar-refractivity contribution in [3.63, 3.8) is 0 Å². The summed E-state index contributed by atoms with van der Waals surface area (Å²) in [6.45, 7) is 7.23. The van der Waals surface area contributed by atoms with Crippen molar-refractivity contribution in [2.75, 3.05) is 6.61 Å². The van der Waals surface area contributed by atoms with Crippen LogP contribution in [0.4, 0.5) is 0 Å². The maximum atomic E-state index is 11.2. The van der Waals surface area contributed by atoms with Gasteiger partial charge >= 0.3 is 243 Å². The zero-order chi connectivity index (χ0) is 27.8. The average molecular weight is 634 g/mol. The second-order valence-corrected chi connectivity index (χ2v) is 24.1. The monoisotopic (exact) mass is 634 g/mol. The van der Waals surface area contributed by atoms with Crippen LogP contribution in [0.1, 0.15) is 82.4 Å². The van der Waals surface area contributed by atoms with Crippen LogP contribution >= 0.6 is 0 Å². The molecule has 0 aliphatic rings. The van der Waals surface area contributed by atoms with E-state index in [0.29, 0.717) is 6.42 Å². The normalized spacial score (nSPS) is 13.1. The van der Waals surface area contributed by atoms with Gasteiger partial charge in [0.15, 0.2) is 0 Å². The molecule has 2 nitrogen and oxygen atoms in total. The Labute approximate surface area is 242 Å². The molecule has 210 valence electrons. The Bertz CT molecular complexity index is 947. The molecular weight excluding hydrogens is 583 g/mol. The molecule has 0 amide bonds. The van der Waals surface area contributed by atoms with E-state index in [9.17, 15) is 5.11 Å². The molecule has 1 atom stereocenters. The van der Waals surface area contributed by atoms with Gasteiger partial charge in [0.05, 0.1) is 0 Å². The van der Waals surface area contributed by atoms with Crippen LogP contribution in [0.15, 0.2) is 101 Å². The predicted molar refractivity (Wildman–Crippen MR) is 170 cm³/mol. The molecule has 0 spiro atoms. The van der Waals surface area contributed by atoms with Crippen molar-refractivity contribution in [1.29, 1.82) is 0 Å². The van der Waals surface area contributed by atoms with Crippen LogP contribution in [0.3, 0.4) is 0 Å². The van der Waals surface area contributed by atoms with E-state index in [1.807, 2.05) is 18.2 Å². The molecule has 0 aromatic heterocycles. The number of benzene rings is 3. The third-order valence-corrected chi connectivity index (χ3v) is 22.2. The molecule has 0 heterocycles. The van der Waals surface area contributed by atoms with E-state index in [0.717, 1.165) is 16.7 Å². The second-order valence-electron chi connectivity index (χ2n) is 11.1. The first-order valence-electron chi connectivity index (χ1n) is 15.3. The van der Waals surface area contributed by atoms with Gasteiger partial charge in [-0.1, -0.05) is 0 Å². The Balaban J connectivity index is 1.85. The summed E-state index contributed by atoms with van der Waals surface area (Å²) in [5, 5.41) is 11.2. The van der Waals surface area contributed by atoms with Gasteiger partial charge in [-0.2, -0.15) is 0 Å². The van der Waals surface area contributed by atoms with Crippen LogP contribution in [0.5, 0.6) is 0 Å². The first-order chi connectivity index (χ1) is 19.1. The SMILES string of the molecule is CCC[CH2][Sn](/[CH]=C/C[C@@H](O)COC(c1ccccc1)(c1ccccc1)c1ccccc1)([CH2]CCC)[CH2]CCC. The Morgan fingerprint density at radius 1 is 0.667 bits per heavy atom. The molecule has 3 heteroatoms. The van der Waals surface area contributed by atoms with Gasteiger partial charge in [0, 0.05) is 0 Å². The third-order valence-electron chi connectivity index (χ3n) is 8.00. The molecular formula is C36H50O2Sn. The molecule has 0 bridgehead atoms. The molecule has 0 unspecified atom stereocenters. The molecule has 0 aliphatic carbocycles. The van der Waals surface area contributed by atoms with Crippen LogP contribution in [-0.2, 0) is 10.3 Å². The topological polar surface area (TPSA) is 29.5 Å². The molecule has 0 aliphatic heterocycles. The summed E-state index contributed by atoms with van der Waals surface area (Å²) in [6, 6.07) is 31.3. The van der Waals surface area contributed by atoms with Crippen LogP contribution in [0.25, 0.3) is 0 Å². The summed E-state index contributed by atoms with van der Waals surface area (Å²) >= 11 is -2.36. The van der Waals surface area contributed by atoms with Gasteiger partial charge in [-0.05, 0) is 0 Å². The first-order valence-corrected chi connectivity index (χ1v) is 23.0. The summed E-state index contributed by atoms with van der Waals surface area (Å²) < 4.78 is 13.9. The Morgan fingerprint density at radius 2 is 1.05 bits per heavy atom. The van der Waals surface area contributed by atoms with Gasteiger partial charge in [0.2, 0.25) is 0 Å². The van der Waals surface area contributed by atoms with Crippen LogP contribution in [0.2, 0.25) is 13.3 Å². The van der Waals surface area contributed by atoms with Gasteiger partial charge in [0.1, 0.15) is 0 Å². The summed E-state index contributed by atoms with van der Waals surface area (Å²) in [5.74, 6) is 0. The molecule has 3 rings (SSSR count). The molecule has 0 radical (unpaired) electrons. The molecule has 0 saturated heterocycles. The number of hydrogen-bond acceptors (Lipinski definition) is 2. The molecule has 0 saturated carbocycles. The number of hydrogen-bond donors (Lipinski definition) is 1. The number of aliphatic hydroxyl groups is 1. The minimum atomic E-state index is -2.36. The van der Waals surface area contributed by atoms with Crippen molar-refractivity contribution in [1.82, 2.24) is 0 Å². The molecule has 39 heavy (non-hydrogen) atoms. The number of rotatable bonds is 18. The molecule has 0 fully saturated rings. The quantitative estimate of drug-likeness (QED) is 0.112. The summed E-state index contributed by atoms with van der Waals surface area (Å²) in [6.07, 6.45) is 10.3. The Kier molecular flexibility index (Phi) is 13.8. The van der Waals surface area contributed by atoms with E-state index in [1.165, 1.54) is 51.8 Å². The predicted octanol–water partition coefficient (Wildman–Crippen LogP) is 9.69. The van der Waals surface area contributed by atoms with Gasteiger partial charge < -0.3 is 0 Å². The van der Waals surface area contributed by atoms with Crippen molar-refractivity contribution >= 4 is 18.4 Å². The second kappa shape index (κ2) is 17.0. The fourth-order valence-corrected chi connectivity index (χ4v) is 20.2. The van der Waals surface area contributed by atoms with E-state index in [-0.39, 0.29) is 6.61 Å². The van der Waals surface area contributed by atoms with Gasteiger partial charge in [-0.25, -0.2) is 0 Å². The summed E-state index contributed by atoms with van der Waals surface area (Å²) in [4.78, 5) is 0. The van der Waals surface area contributed by atoms with Gasteiger partial charge in [-0.3, -0.25) is 0 Å². The Morgan fingerprint density at radius 3 is 1.41 bits per heavy atom. The van der Waals surface area contributed by atoms with Crippen molar-refractivity contribution in [2.45, 2.75) is 90.7 Å². The minimum absolute atomic E-state index is 0.268. The van der Waals surface area contributed by atoms with Crippen molar-refractivity contribution in [3.8, 4) is 0 Å². The fourth-order valence-electron chi connectivity index (χ4n) is 5.74. The average Bonchev–Trinajstić information content (AvgIpc) is 2.99. The molecule has 3 aromatic carbocycles.